The van der Waals surface area contributed by atoms with Crippen LogP contribution < -0.4 is 15.4 Å². The Balaban J connectivity index is 1.29. The summed E-state index contributed by atoms with van der Waals surface area (Å²) < 4.78 is 18.8. The van der Waals surface area contributed by atoms with Gasteiger partial charge in [-0.2, -0.15) is 0 Å². The van der Waals surface area contributed by atoms with E-state index in [1.807, 2.05) is 18.2 Å². The fourth-order valence-electron chi connectivity index (χ4n) is 3.41. The minimum absolute atomic E-state index is 0.0917. The number of ether oxygens (including phenoxy) is 1. The summed E-state index contributed by atoms with van der Waals surface area (Å²) in [5, 5.41) is 5.99. The summed E-state index contributed by atoms with van der Waals surface area (Å²) in [7, 11) is 0. The molecule has 27 heavy (non-hydrogen) atoms. The molecule has 0 bridgehead atoms. The van der Waals surface area contributed by atoms with Crippen molar-refractivity contribution in [3.63, 3.8) is 0 Å². The van der Waals surface area contributed by atoms with Crippen LogP contribution in [0.25, 0.3) is 0 Å². The Hall–Kier alpha value is -2.56. The number of benzene rings is 2. The van der Waals surface area contributed by atoms with Crippen LogP contribution in [0.15, 0.2) is 54.6 Å². The fourth-order valence-corrected chi connectivity index (χ4v) is 3.41. The maximum Gasteiger partial charge on any atom is 0.315 e. The van der Waals surface area contributed by atoms with Gasteiger partial charge in [0, 0.05) is 12.6 Å². The van der Waals surface area contributed by atoms with Crippen molar-refractivity contribution in [2.75, 3.05) is 6.54 Å². The first-order valence-corrected chi connectivity index (χ1v) is 9.69. The van der Waals surface area contributed by atoms with Crippen molar-refractivity contribution in [1.29, 1.82) is 0 Å². The summed E-state index contributed by atoms with van der Waals surface area (Å²) in [6.07, 6.45) is 5.57. The molecule has 1 aliphatic carbocycles. The first-order chi connectivity index (χ1) is 13.2. The van der Waals surface area contributed by atoms with Crippen LogP contribution in [0.2, 0.25) is 0 Å². The normalized spacial score (nSPS) is 19.3. The predicted octanol–water partition coefficient (Wildman–Crippen LogP) is 4.45. The van der Waals surface area contributed by atoms with Gasteiger partial charge < -0.3 is 15.4 Å². The molecule has 2 N–H and O–H groups in total. The van der Waals surface area contributed by atoms with Gasteiger partial charge in [-0.15, -0.1) is 0 Å². The molecule has 144 valence electrons. The van der Waals surface area contributed by atoms with Crippen molar-refractivity contribution < 1.29 is 13.9 Å². The van der Waals surface area contributed by atoms with Crippen LogP contribution in [-0.4, -0.2) is 24.7 Å². The van der Waals surface area contributed by atoms with Crippen molar-refractivity contribution in [2.45, 2.75) is 50.7 Å². The number of hydrogen-bond donors (Lipinski definition) is 2. The first kappa shape index (κ1) is 19.2. The lowest BCUT2D eigenvalue weighted by atomic mass is 9.93. The highest BCUT2D eigenvalue weighted by atomic mass is 19.1. The summed E-state index contributed by atoms with van der Waals surface area (Å²) in [6.45, 7) is 0.670. The van der Waals surface area contributed by atoms with Gasteiger partial charge in [-0.3, -0.25) is 0 Å². The van der Waals surface area contributed by atoms with E-state index in [4.69, 9.17) is 4.74 Å². The van der Waals surface area contributed by atoms with Crippen molar-refractivity contribution in [2.24, 2.45) is 0 Å². The van der Waals surface area contributed by atoms with Crippen LogP contribution in [0.3, 0.4) is 0 Å². The maximum atomic E-state index is 12.9. The van der Waals surface area contributed by atoms with Gasteiger partial charge in [0.05, 0.1) is 6.10 Å². The quantitative estimate of drug-likeness (QED) is 0.708. The Morgan fingerprint density at radius 2 is 1.70 bits per heavy atom. The molecule has 2 aromatic carbocycles. The van der Waals surface area contributed by atoms with Crippen LogP contribution >= 0.6 is 0 Å². The number of nitrogens with one attached hydrogen (secondary N) is 2. The zero-order valence-corrected chi connectivity index (χ0v) is 15.5. The first-order valence-electron chi connectivity index (χ1n) is 9.69. The summed E-state index contributed by atoms with van der Waals surface area (Å²) in [5.74, 6) is 0.439. The van der Waals surface area contributed by atoms with Gasteiger partial charge in [0.15, 0.2) is 0 Å². The maximum absolute atomic E-state index is 12.9. The third-order valence-corrected chi connectivity index (χ3v) is 4.90. The van der Waals surface area contributed by atoms with Gasteiger partial charge in [0.25, 0.3) is 0 Å². The van der Waals surface area contributed by atoms with Crippen molar-refractivity contribution in [3.05, 3.63) is 66.0 Å². The van der Waals surface area contributed by atoms with E-state index >= 15 is 0 Å². The second kappa shape index (κ2) is 9.95. The Labute approximate surface area is 160 Å². The second-order valence-corrected chi connectivity index (χ2v) is 7.03. The van der Waals surface area contributed by atoms with Crippen LogP contribution in [0.4, 0.5) is 9.18 Å². The molecule has 2 amide bonds. The topological polar surface area (TPSA) is 50.4 Å². The molecular weight excluding hydrogens is 343 g/mol. The molecule has 0 heterocycles. The molecule has 0 atom stereocenters. The number of amides is 2. The highest BCUT2D eigenvalue weighted by Crippen LogP contribution is 2.24. The number of aryl methyl sites for hydroxylation is 1. The van der Waals surface area contributed by atoms with E-state index < -0.39 is 0 Å². The molecule has 1 fully saturated rings. The van der Waals surface area contributed by atoms with E-state index in [9.17, 15) is 9.18 Å². The van der Waals surface area contributed by atoms with Crippen LogP contribution in [-0.2, 0) is 6.42 Å². The molecule has 2 aromatic rings. The Morgan fingerprint density at radius 3 is 2.41 bits per heavy atom. The van der Waals surface area contributed by atoms with Crippen LogP contribution in [0.1, 0.15) is 37.7 Å². The molecule has 0 unspecified atom stereocenters. The summed E-state index contributed by atoms with van der Waals surface area (Å²) >= 11 is 0. The third kappa shape index (κ3) is 6.59. The average Bonchev–Trinajstić information content (AvgIpc) is 2.69. The SMILES string of the molecule is O=C(NCCCc1ccccc1)N[C@H]1CC[C@@H](Oc2ccc(F)cc2)CC1. The Morgan fingerprint density at radius 1 is 1.00 bits per heavy atom. The summed E-state index contributed by atoms with van der Waals surface area (Å²) in [6, 6.07) is 16.5. The lowest BCUT2D eigenvalue weighted by Gasteiger charge is -2.29. The van der Waals surface area contributed by atoms with Crippen LogP contribution in [0, 0.1) is 5.82 Å². The second-order valence-electron chi connectivity index (χ2n) is 7.03. The lowest BCUT2D eigenvalue weighted by Crippen LogP contribution is -2.45. The van der Waals surface area contributed by atoms with Crippen molar-refractivity contribution in [3.8, 4) is 5.75 Å². The summed E-state index contributed by atoms with van der Waals surface area (Å²) in [5.41, 5.74) is 1.29. The molecule has 5 heteroatoms. The molecular formula is C22H27FN2O2. The molecule has 0 saturated heterocycles. The minimum Gasteiger partial charge on any atom is -0.490 e. The number of carbonyl (C=O) groups is 1. The van der Waals surface area contributed by atoms with Gasteiger partial charge in [0.1, 0.15) is 11.6 Å². The van der Waals surface area contributed by atoms with E-state index in [1.54, 1.807) is 12.1 Å². The number of hydrogen-bond acceptors (Lipinski definition) is 2. The molecule has 0 radical (unpaired) electrons. The smallest absolute Gasteiger partial charge is 0.315 e. The average molecular weight is 370 g/mol. The highest BCUT2D eigenvalue weighted by Gasteiger charge is 2.23. The number of urea groups is 1. The largest absolute Gasteiger partial charge is 0.490 e. The molecule has 1 saturated carbocycles. The van der Waals surface area contributed by atoms with E-state index in [0.717, 1.165) is 38.5 Å². The van der Waals surface area contributed by atoms with E-state index in [2.05, 4.69) is 22.8 Å². The zero-order chi connectivity index (χ0) is 18.9. The Bertz CT molecular complexity index is 698. The molecule has 1 aliphatic rings. The van der Waals surface area contributed by atoms with Crippen molar-refractivity contribution >= 4 is 6.03 Å². The zero-order valence-electron chi connectivity index (χ0n) is 15.5. The van der Waals surface area contributed by atoms with E-state index in [1.165, 1.54) is 17.7 Å². The van der Waals surface area contributed by atoms with Gasteiger partial charge in [-0.05, 0) is 68.4 Å². The number of carbonyl (C=O) groups excluding carboxylic acids is 1. The van der Waals surface area contributed by atoms with Gasteiger partial charge in [-0.25, -0.2) is 9.18 Å². The lowest BCUT2D eigenvalue weighted by molar-refractivity contribution is 0.140. The molecule has 0 aromatic heterocycles. The van der Waals surface area contributed by atoms with E-state index in [0.29, 0.717) is 12.3 Å². The molecule has 0 spiro atoms. The fraction of sp³-hybridized carbons (Fsp3) is 0.409. The highest BCUT2D eigenvalue weighted by molar-refractivity contribution is 5.74. The Kier molecular flexibility index (Phi) is 7.08. The van der Waals surface area contributed by atoms with Crippen LogP contribution in [0.5, 0.6) is 5.75 Å². The monoisotopic (exact) mass is 370 g/mol. The molecule has 0 aliphatic heterocycles. The van der Waals surface area contributed by atoms with Gasteiger partial charge >= 0.3 is 6.03 Å². The summed E-state index contributed by atoms with van der Waals surface area (Å²) in [4.78, 5) is 12.0. The van der Waals surface area contributed by atoms with Gasteiger partial charge in [0.2, 0.25) is 0 Å². The van der Waals surface area contributed by atoms with E-state index in [-0.39, 0.29) is 24.0 Å². The van der Waals surface area contributed by atoms with Gasteiger partial charge in [-0.1, -0.05) is 30.3 Å². The standard InChI is InChI=1S/C22H27FN2O2/c23-18-8-12-20(13-9-18)27-21-14-10-19(11-15-21)25-22(26)24-16-4-7-17-5-2-1-3-6-17/h1-3,5-6,8-9,12-13,19,21H,4,7,10-11,14-16H2,(H2,24,25,26)/t19-,21+. The molecule has 3 rings (SSSR count). The van der Waals surface area contributed by atoms with Crippen molar-refractivity contribution in [1.82, 2.24) is 10.6 Å². The predicted molar refractivity (Wildman–Crippen MR) is 104 cm³/mol. The third-order valence-electron chi connectivity index (χ3n) is 4.90. The minimum atomic E-state index is -0.259. The molecule has 4 nitrogen and oxygen atoms in total. The number of rotatable bonds is 7. The number of halogens is 1.